The van der Waals surface area contributed by atoms with Gasteiger partial charge in [0.05, 0.1) is 24.1 Å². The summed E-state index contributed by atoms with van der Waals surface area (Å²) >= 11 is 0. The molecule has 14 heavy (non-hydrogen) atoms. The Morgan fingerprint density at radius 3 is 2.93 bits per heavy atom. The maximum absolute atomic E-state index is 5.75. The maximum atomic E-state index is 5.75. The molecule has 4 heteroatoms. The van der Waals surface area contributed by atoms with Gasteiger partial charge in [0, 0.05) is 6.04 Å². The Balaban J connectivity index is 2.07. The SMILES string of the molecule is Cc1c(N)cnn1CC1CCCN1C. The Labute approximate surface area is 84.7 Å². The molecule has 0 bridgehead atoms. The predicted molar refractivity (Wildman–Crippen MR) is 57.0 cm³/mol. The first kappa shape index (κ1) is 9.52. The molecule has 0 amide bonds. The summed E-state index contributed by atoms with van der Waals surface area (Å²) < 4.78 is 2.02. The molecule has 2 rings (SSSR count). The van der Waals surface area contributed by atoms with Gasteiger partial charge < -0.3 is 10.6 Å². The van der Waals surface area contributed by atoms with E-state index in [0.29, 0.717) is 6.04 Å². The highest BCUT2D eigenvalue weighted by Gasteiger charge is 2.21. The Morgan fingerprint density at radius 1 is 1.64 bits per heavy atom. The number of hydrogen-bond acceptors (Lipinski definition) is 3. The van der Waals surface area contributed by atoms with Crippen molar-refractivity contribution in [2.45, 2.75) is 32.4 Å². The van der Waals surface area contributed by atoms with Gasteiger partial charge in [0.2, 0.25) is 0 Å². The van der Waals surface area contributed by atoms with E-state index in [1.807, 2.05) is 11.6 Å². The molecule has 0 saturated carbocycles. The average molecular weight is 194 g/mol. The van der Waals surface area contributed by atoms with Crippen LogP contribution < -0.4 is 5.73 Å². The summed E-state index contributed by atoms with van der Waals surface area (Å²) in [6.07, 6.45) is 4.32. The highest BCUT2D eigenvalue weighted by molar-refractivity contribution is 5.39. The van der Waals surface area contributed by atoms with Crippen LogP contribution in [0.1, 0.15) is 18.5 Å². The zero-order chi connectivity index (χ0) is 10.1. The van der Waals surface area contributed by atoms with E-state index in [1.54, 1.807) is 6.20 Å². The Kier molecular flexibility index (Phi) is 2.46. The summed E-state index contributed by atoms with van der Waals surface area (Å²) in [5.41, 5.74) is 7.64. The van der Waals surface area contributed by atoms with Gasteiger partial charge in [-0.05, 0) is 33.4 Å². The monoisotopic (exact) mass is 194 g/mol. The molecule has 1 unspecified atom stereocenters. The molecule has 1 aromatic heterocycles. The molecular weight excluding hydrogens is 176 g/mol. The zero-order valence-corrected chi connectivity index (χ0v) is 8.90. The van der Waals surface area contributed by atoms with Crippen LogP contribution in [0.4, 0.5) is 5.69 Å². The summed E-state index contributed by atoms with van der Waals surface area (Å²) in [5, 5.41) is 4.28. The molecule has 0 spiro atoms. The van der Waals surface area contributed by atoms with Crippen LogP contribution in [0.25, 0.3) is 0 Å². The number of likely N-dealkylation sites (N-methyl/N-ethyl adjacent to an activating group) is 1. The minimum atomic E-state index is 0.632. The van der Waals surface area contributed by atoms with Gasteiger partial charge >= 0.3 is 0 Å². The number of rotatable bonds is 2. The lowest BCUT2D eigenvalue weighted by Crippen LogP contribution is -2.30. The lowest BCUT2D eigenvalue weighted by Gasteiger charge is -2.19. The van der Waals surface area contributed by atoms with Crippen LogP contribution in [0.15, 0.2) is 6.20 Å². The van der Waals surface area contributed by atoms with Gasteiger partial charge in [-0.1, -0.05) is 0 Å². The molecule has 2 N–H and O–H groups in total. The molecular formula is C10H18N4. The number of likely N-dealkylation sites (tertiary alicyclic amines) is 1. The first-order valence-corrected chi connectivity index (χ1v) is 5.16. The first-order valence-electron chi connectivity index (χ1n) is 5.16. The van der Waals surface area contributed by atoms with Crippen molar-refractivity contribution in [3.8, 4) is 0 Å². The molecule has 1 aliphatic heterocycles. The fourth-order valence-corrected chi connectivity index (χ4v) is 2.05. The fraction of sp³-hybridized carbons (Fsp3) is 0.700. The zero-order valence-electron chi connectivity index (χ0n) is 8.90. The number of hydrogen-bond donors (Lipinski definition) is 1. The van der Waals surface area contributed by atoms with Gasteiger partial charge in [-0.15, -0.1) is 0 Å². The molecule has 1 atom stereocenters. The number of anilines is 1. The molecule has 1 aliphatic rings. The molecule has 2 heterocycles. The van der Waals surface area contributed by atoms with E-state index >= 15 is 0 Å². The molecule has 0 radical (unpaired) electrons. The number of nitrogens with two attached hydrogens (primary N) is 1. The minimum Gasteiger partial charge on any atom is -0.396 e. The van der Waals surface area contributed by atoms with E-state index in [0.717, 1.165) is 17.9 Å². The lowest BCUT2D eigenvalue weighted by molar-refractivity contribution is 0.273. The van der Waals surface area contributed by atoms with Crippen molar-refractivity contribution in [2.75, 3.05) is 19.3 Å². The van der Waals surface area contributed by atoms with Gasteiger partial charge in [0.25, 0.3) is 0 Å². The summed E-state index contributed by atoms with van der Waals surface area (Å²) in [6.45, 7) is 4.21. The van der Waals surface area contributed by atoms with E-state index in [-0.39, 0.29) is 0 Å². The molecule has 4 nitrogen and oxygen atoms in total. The predicted octanol–water partition coefficient (Wildman–Crippen LogP) is 0.868. The quantitative estimate of drug-likeness (QED) is 0.760. The standard InChI is InChI=1S/C10H18N4/c1-8-10(11)6-12-14(8)7-9-4-3-5-13(9)2/h6,9H,3-5,7,11H2,1-2H3. The van der Waals surface area contributed by atoms with Crippen LogP contribution in [-0.4, -0.2) is 34.3 Å². The van der Waals surface area contributed by atoms with Crippen LogP contribution in [0, 0.1) is 6.92 Å². The van der Waals surface area contributed by atoms with Crippen molar-refractivity contribution in [2.24, 2.45) is 0 Å². The van der Waals surface area contributed by atoms with Crippen molar-refractivity contribution in [3.63, 3.8) is 0 Å². The molecule has 0 aliphatic carbocycles. The minimum absolute atomic E-state index is 0.632. The van der Waals surface area contributed by atoms with Crippen LogP contribution in [0.5, 0.6) is 0 Å². The van der Waals surface area contributed by atoms with Crippen molar-refractivity contribution >= 4 is 5.69 Å². The Morgan fingerprint density at radius 2 is 2.43 bits per heavy atom. The van der Waals surface area contributed by atoms with E-state index in [4.69, 9.17) is 5.73 Å². The smallest absolute Gasteiger partial charge is 0.0730 e. The number of nitrogen functional groups attached to an aromatic ring is 1. The Hall–Kier alpha value is -1.03. The topological polar surface area (TPSA) is 47.1 Å². The Bertz CT molecular complexity index is 318. The summed E-state index contributed by atoms with van der Waals surface area (Å²) in [6, 6.07) is 0.632. The highest BCUT2D eigenvalue weighted by Crippen LogP contribution is 2.18. The van der Waals surface area contributed by atoms with E-state index in [1.165, 1.54) is 19.4 Å². The molecule has 0 aromatic carbocycles. The second-order valence-electron chi connectivity index (χ2n) is 4.14. The summed E-state index contributed by atoms with van der Waals surface area (Å²) in [4.78, 5) is 2.40. The summed E-state index contributed by atoms with van der Waals surface area (Å²) in [7, 11) is 2.18. The van der Waals surface area contributed by atoms with Crippen molar-refractivity contribution in [1.29, 1.82) is 0 Å². The van der Waals surface area contributed by atoms with Crippen molar-refractivity contribution in [1.82, 2.24) is 14.7 Å². The molecule has 1 saturated heterocycles. The third kappa shape index (κ3) is 1.62. The van der Waals surface area contributed by atoms with Gasteiger partial charge in [-0.3, -0.25) is 4.68 Å². The summed E-state index contributed by atoms with van der Waals surface area (Å²) in [5.74, 6) is 0. The maximum Gasteiger partial charge on any atom is 0.0730 e. The van der Waals surface area contributed by atoms with Crippen molar-refractivity contribution in [3.05, 3.63) is 11.9 Å². The normalized spacial score (nSPS) is 23.1. The van der Waals surface area contributed by atoms with Gasteiger partial charge in [-0.2, -0.15) is 5.10 Å². The number of aromatic nitrogens is 2. The second-order valence-corrected chi connectivity index (χ2v) is 4.14. The third-order valence-electron chi connectivity index (χ3n) is 3.20. The average Bonchev–Trinajstić information content (AvgIpc) is 2.68. The number of nitrogens with zero attached hydrogens (tertiary/aromatic N) is 3. The van der Waals surface area contributed by atoms with Crippen molar-refractivity contribution < 1.29 is 0 Å². The van der Waals surface area contributed by atoms with Crippen LogP contribution >= 0.6 is 0 Å². The first-order chi connectivity index (χ1) is 6.68. The molecule has 78 valence electrons. The largest absolute Gasteiger partial charge is 0.396 e. The lowest BCUT2D eigenvalue weighted by atomic mass is 10.2. The fourth-order valence-electron chi connectivity index (χ4n) is 2.05. The van der Waals surface area contributed by atoms with E-state index < -0.39 is 0 Å². The molecule has 1 fully saturated rings. The second kappa shape index (κ2) is 3.61. The van der Waals surface area contributed by atoms with Gasteiger partial charge in [-0.25, -0.2) is 0 Å². The van der Waals surface area contributed by atoms with Crippen LogP contribution in [0.3, 0.4) is 0 Å². The van der Waals surface area contributed by atoms with E-state index in [9.17, 15) is 0 Å². The van der Waals surface area contributed by atoms with E-state index in [2.05, 4.69) is 17.0 Å². The highest BCUT2D eigenvalue weighted by atomic mass is 15.3. The van der Waals surface area contributed by atoms with Gasteiger partial charge in [0.1, 0.15) is 0 Å². The van der Waals surface area contributed by atoms with Gasteiger partial charge in [0.15, 0.2) is 0 Å². The third-order valence-corrected chi connectivity index (χ3v) is 3.20. The van der Waals surface area contributed by atoms with Crippen LogP contribution in [-0.2, 0) is 6.54 Å². The molecule has 1 aromatic rings. The van der Waals surface area contributed by atoms with Crippen LogP contribution in [0.2, 0.25) is 0 Å².